The summed E-state index contributed by atoms with van der Waals surface area (Å²) in [7, 11) is 0. The van der Waals surface area contributed by atoms with Crippen LogP contribution in [0.15, 0.2) is 42.5 Å². The molecule has 3 nitrogen and oxygen atoms in total. The Hall–Kier alpha value is -1.90. The van der Waals surface area contributed by atoms with Gasteiger partial charge in [0.05, 0.1) is 6.04 Å². The van der Waals surface area contributed by atoms with E-state index < -0.39 is 6.04 Å². The largest absolute Gasteiger partial charge is 0.345 e. The molecular formula is C19H27NO2. The van der Waals surface area contributed by atoms with Gasteiger partial charge in [-0.2, -0.15) is 0 Å². The fraction of sp³-hybridized carbons (Fsp3) is 0.474. The number of hydrogen-bond donors (Lipinski definition) is 1. The number of nitrogens with one attached hydrogen (secondary N) is 1. The quantitative estimate of drug-likeness (QED) is 0.843. The summed E-state index contributed by atoms with van der Waals surface area (Å²) in [6.07, 6.45) is 0.855. The highest BCUT2D eigenvalue weighted by Gasteiger charge is 2.45. The summed E-state index contributed by atoms with van der Waals surface area (Å²) in [6.45, 7) is 11.3. The van der Waals surface area contributed by atoms with Gasteiger partial charge in [0.15, 0.2) is 5.78 Å². The molecular weight excluding hydrogens is 274 g/mol. The van der Waals surface area contributed by atoms with Gasteiger partial charge in [-0.05, 0) is 35.8 Å². The second-order valence-electron chi connectivity index (χ2n) is 7.31. The molecule has 1 amide bonds. The average molecular weight is 301 g/mol. The number of benzene rings is 1. The van der Waals surface area contributed by atoms with Crippen molar-refractivity contribution in [1.29, 1.82) is 0 Å². The highest BCUT2D eigenvalue weighted by molar-refractivity contribution is 6.01. The molecule has 1 N–H and O–H groups in total. The van der Waals surface area contributed by atoms with Crippen LogP contribution in [0.25, 0.3) is 0 Å². The van der Waals surface area contributed by atoms with E-state index in [-0.39, 0.29) is 30.4 Å². The van der Waals surface area contributed by atoms with E-state index in [1.54, 1.807) is 6.92 Å². The average Bonchev–Trinajstić information content (AvgIpc) is 3.24. The van der Waals surface area contributed by atoms with E-state index >= 15 is 0 Å². The minimum absolute atomic E-state index is 0. The molecule has 120 valence electrons. The molecule has 1 fully saturated rings. The van der Waals surface area contributed by atoms with Crippen LogP contribution < -0.4 is 5.32 Å². The van der Waals surface area contributed by atoms with E-state index in [0.29, 0.717) is 5.57 Å². The number of hydrogen-bond acceptors (Lipinski definition) is 2. The molecule has 0 spiro atoms. The zero-order valence-electron chi connectivity index (χ0n) is 13.8. The number of carbonyl (C=O) groups excluding carboxylic acids is 2. The number of carbonyl (C=O) groups is 2. The van der Waals surface area contributed by atoms with Gasteiger partial charge in [0, 0.05) is 7.34 Å². The highest BCUT2D eigenvalue weighted by atomic mass is 16.2. The van der Waals surface area contributed by atoms with E-state index in [2.05, 4.69) is 24.0 Å². The third-order valence-corrected chi connectivity index (χ3v) is 4.19. The Morgan fingerprint density at radius 3 is 2.36 bits per heavy atom. The Morgan fingerprint density at radius 2 is 1.86 bits per heavy atom. The molecule has 1 aromatic rings. The third kappa shape index (κ3) is 3.65. The van der Waals surface area contributed by atoms with Crippen molar-refractivity contribution in [3.05, 3.63) is 48.0 Å². The van der Waals surface area contributed by atoms with E-state index in [1.807, 2.05) is 39.0 Å². The lowest BCUT2D eigenvalue weighted by Crippen LogP contribution is -2.50. The van der Waals surface area contributed by atoms with Crippen LogP contribution in [0.2, 0.25) is 0 Å². The molecule has 0 bridgehead atoms. The van der Waals surface area contributed by atoms with Gasteiger partial charge in [-0.25, -0.2) is 0 Å². The van der Waals surface area contributed by atoms with Crippen molar-refractivity contribution in [2.75, 3.05) is 0 Å². The van der Waals surface area contributed by atoms with Crippen LogP contribution in [0.4, 0.5) is 0 Å². The van der Waals surface area contributed by atoms with Crippen LogP contribution in [0, 0.1) is 11.3 Å². The standard InChI is InChI=1S/C19H25NO2.H2/c1-12(2)16(21)17(19(3,4)5)20-18(22)15-11-14(15)13-9-7-6-8-10-13;/h6-10,14-15,17H,1,11H2,2-5H3,(H,20,22);1H. The third-order valence-electron chi connectivity index (χ3n) is 4.19. The van der Waals surface area contributed by atoms with Gasteiger partial charge in [0.1, 0.15) is 0 Å². The van der Waals surface area contributed by atoms with Crippen molar-refractivity contribution in [3.63, 3.8) is 0 Å². The normalized spacial score (nSPS) is 21.8. The summed E-state index contributed by atoms with van der Waals surface area (Å²) in [5.74, 6) is 0.146. The predicted molar refractivity (Wildman–Crippen MR) is 90.6 cm³/mol. The molecule has 0 aromatic heterocycles. The fourth-order valence-corrected chi connectivity index (χ4v) is 2.72. The van der Waals surface area contributed by atoms with E-state index in [0.717, 1.165) is 6.42 Å². The second kappa shape index (κ2) is 6.07. The van der Waals surface area contributed by atoms with Crippen LogP contribution in [-0.4, -0.2) is 17.7 Å². The van der Waals surface area contributed by atoms with E-state index in [9.17, 15) is 9.59 Å². The monoisotopic (exact) mass is 301 g/mol. The van der Waals surface area contributed by atoms with Gasteiger partial charge in [-0.1, -0.05) is 57.7 Å². The first-order valence-electron chi connectivity index (χ1n) is 7.77. The Labute approximate surface area is 134 Å². The molecule has 0 radical (unpaired) electrons. The smallest absolute Gasteiger partial charge is 0.224 e. The SMILES string of the molecule is C=C(C)C(=O)C(NC(=O)C1CC1c1ccccc1)C(C)(C)C.[HH]. The lowest BCUT2D eigenvalue weighted by Gasteiger charge is -2.30. The zero-order valence-corrected chi connectivity index (χ0v) is 13.8. The van der Waals surface area contributed by atoms with Gasteiger partial charge in [-0.3, -0.25) is 9.59 Å². The maximum Gasteiger partial charge on any atom is 0.224 e. The topological polar surface area (TPSA) is 46.2 Å². The molecule has 1 saturated carbocycles. The van der Waals surface area contributed by atoms with Gasteiger partial charge in [-0.15, -0.1) is 0 Å². The molecule has 0 saturated heterocycles. The van der Waals surface area contributed by atoms with Crippen LogP contribution in [-0.2, 0) is 9.59 Å². The molecule has 3 atom stereocenters. The number of ketones is 1. The molecule has 0 heterocycles. The second-order valence-corrected chi connectivity index (χ2v) is 7.31. The highest BCUT2D eigenvalue weighted by Crippen LogP contribution is 2.47. The minimum Gasteiger partial charge on any atom is -0.345 e. The van der Waals surface area contributed by atoms with Crippen molar-refractivity contribution in [3.8, 4) is 0 Å². The Bertz CT molecular complexity index is 589. The molecule has 0 aliphatic heterocycles. The number of rotatable bonds is 5. The van der Waals surface area contributed by atoms with Gasteiger partial charge in [0.2, 0.25) is 5.91 Å². The molecule has 1 aliphatic carbocycles. The van der Waals surface area contributed by atoms with Gasteiger partial charge in [0.25, 0.3) is 0 Å². The van der Waals surface area contributed by atoms with Crippen molar-refractivity contribution < 1.29 is 11.0 Å². The van der Waals surface area contributed by atoms with E-state index in [1.165, 1.54) is 5.56 Å². The first-order chi connectivity index (χ1) is 10.2. The van der Waals surface area contributed by atoms with Crippen molar-refractivity contribution >= 4 is 11.7 Å². The first-order valence-corrected chi connectivity index (χ1v) is 7.77. The molecule has 22 heavy (non-hydrogen) atoms. The molecule has 1 aromatic carbocycles. The summed E-state index contributed by atoms with van der Waals surface area (Å²) in [6, 6.07) is 9.55. The van der Waals surface area contributed by atoms with Crippen molar-refractivity contribution in [2.45, 2.75) is 46.1 Å². The maximum atomic E-state index is 12.5. The van der Waals surface area contributed by atoms with Crippen LogP contribution in [0.1, 0.15) is 47.0 Å². The van der Waals surface area contributed by atoms with Crippen LogP contribution in [0.5, 0.6) is 0 Å². The molecule has 2 rings (SSSR count). The lowest BCUT2D eigenvalue weighted by atomic mass is 9.82. The molecule has 3 unspecified atom stereocenters. The van der Waals surface area contributed by atoms with Gasteiger partial charge >= 0.3 is 0 Å². The Balaban J connectivity index is 0.00000264. The van der Waals surface area contributed by atoms with Crippen molar-refractivity contribution in [2.24, 2.45) is 11.3 Å². The van der Waals surface area contributed by atoms with Crippen LogP contribution >= 0.6 is 0 Å². The summed E-state index contributed by atoms with van der Waals surface area (Å²) in [4.78, 5) is 24.8. The summed E-state index contributed by atoms with van der Waals surface area (Å²) in [5, 5.41) is 2.95. The Kier molecular flexibility index (Phi) is 4.55. The summed E-state index contributed by atoms with van der Waals surface area (Å²) < 4.78 is 0. The van der Waals surface area contributed by atoms with Crippen molar-refractivity contribution in [1.82, 2.24) is 5.32 Å². The number of amides is 1. The lowest BCUT2D eigenvalue weighted by molar-refractivity contribution is -0.129. The fourth-order valence-electron chi connectivity index (χ4n) is 2.72. The molecule has 1 aliphatic rings. The maximum absolute atomic E-state index is 12.5. The summed E-state index contributed by atoms with van der Waals surface area (Å²) in [5.41, 5.74) is 1.35. The van der Waals surface area contributed by atoms with E-state index in [4.69, 9.17) is 0 Å². The van der Waals surface area contributed by atoms with Gasteiger partial charge < -0.3 is 5.32 Å². The van der Waals surface area contributed by atoms with Crippen LogP contribution in [0.3, 0.4) is 0 Å². The first kappa shape index (κ1) is 16.5. The number of Topliss-reactive ketones (excluding diaryl/α,β-unsaturated/α-hetero) is 1. The zero-order chi connectivity index (χ0) is 16.5. The predicted octanol–water partition coefficient (Wildman–Crippen LogP) is 3.71. The Morgan fingerprint density at radius 1 is 1.27 bits per heavy atom. The molecule has 3 heteroatoms. The minimum atomic E-state index is -0.519. The summed E-state index contributed by atoms with van der Waals surface area (Å²) >= 11 is 0.